The van der Waals surface area contributed by atoms with Crippen LogP contribution < -0.4 is 10.6 Å². The second-order valence-corrected chi connectivity index (χ2v) is 8.73. The van der Waals surface area contributed by atoms with E-state index in [1.165, 1.54) is 17.0 Å². The van der Waals surface area contributed by atoms with E-state index >= 15 is 0 Å². The number of alkyl halides is 3. The number of hydrogen-bond donors (Lipinski definition) is 2. The second-order valence-electron chi connectivity index (χ2n) is 7.45. The van der Waals surface area contributed by atoms with E-state index in [1.807, 2.05) is 12.1 Å². The largest absolute Gasteiger partial charge is 0.507 e. The van der Waals surface area contributed by atoms with Gasteiger partial charge in [-0.15, -0.1) is 11.3 Å². The first kappa shape index (κ1) is 20.0. The maximum atomic E-state index is 13.3. The maximum absolute atomic E-state index is 13.3. The predicted molar refractivity (Wildman–Crippen MR) is 113 cm³/mol. The SMILES string of the molecule is Cn1c2c(c(=O)n(C)c1=S)C(c1csc(C(F)(F)F)c1)C1=C(O)c3ccccc3C1=[NH+]2. The third-order valence-electron chi connectivity index (χ3n) is 5.73. The Morgan fingerprint density at radius 3 is 2.48 bits per heavy atom. The zero-order valence-corrected chi connectivity index (χ0v) is 17.9. The van der Waals surface area contributed by atoms with E-state index in [1.54, 1.807) is 23.7 Å². The van der Waals surface area contributed by atoms with Crippen LogP contribution in [0.1, 0.15) is 33.0 Å². The average Bonchev–Trinajstić information content (AvgIpc) is 3.34. The molecule has 0 spiro atoms. The maximum Gasteiger partial charge on any atom is 0.425 e. The van der Waals surface area contributed by atoms with E-state index < -0.39 is 22.5 Å². The molecule has 1 aromatic carbocycles. The van der Waals surface area contributed by atoms with E-state index in [0.29, 0.717) is 45.1 Å². The minimum atomic E-state index is -4.50. The lowest BCUT2D eigenvalue weighted by atomic mass is 9.82. The van der Waals surface area contributed by atoms with Gasteiger partial charge in [0.1, 0.15) is 21.9 Å². The van der Waals surface area contributed by atoms with Gasteiger partial charge in [0, 0.05) is 18.2 Å². The fourth-order valence-corrected chi connectivity index (χ4v) is 5.24. The van der Waals surface area contributed by atoms with Crippen LogP contribution in [0.15, 0.2) is 46.1 Å². The zero-order valence-electron chi connectivity index (χ0n) is 16.2. The molecule has 1 unspecified atom stereocenters. The first-order valence-corrected chi connectivity index (χ1v) is 10.5. The third kappa shape index (κ3) is 2.71. The van der Waals surface area contributed by atoms with Crippen LogP contribution in [0, 0.1) is 4.77 Å². The molecular formula is C21H15F3N3O2S2+. The first-order valence-electron chi connectivity index (χ1n) is 9.24. The first-order chi connectivity index (χ1) is 14.6. The van der Waals surface area contributed by atoms with Crippen LogP contribution >= 0.6 is 23.6 Å². The highest BCUT2D eigenvalue weighted by atomic mass is 32.1. The molecule has 2 aromatic heterocycles. The van der Waals surface area contributed by atoms with Crippen LogP contribution in [0.25, 0.3) is 5.76 Å². The van der Waals surface area contributed by atoms with Gasteiger partial charge in [0.2, 0.25) is 0 Å². The Morgan fingerprint density at radius 2 is 1.84 bits per heavy atom. The number of halogens is 3. The molecule has 3 heterocycles. The predicted octanol–water partition coefficient (Wildman–Crippen LogP) is 3.16. The van der Waals surface area contributed by atoms with Crippen molar-refractivity contribution in [3.63, 3.8) is 0 Å². The van der Waals surface area contributed by atoms with Gasteiger partial charge >= 0.3 is 6.18 Å². The molecule has 2 N–H and O–H groups in total. The van der Waals surface area contributed by atoms with Crippen molar-refractivity contribution in [3.05, 3.63) is 83.5 Å². The standard InChI is InChI=1S/C21H14F3N3O2S2/c1-26-18-15(19(29)27(2)20(26)30)13(9-7-12(31-8-9)21(22,23)24)14-16(25-18)10-5-3-4-6-11(10)17(14)28/h3-8,13,28H,1-2H3/p+1. The number of benzene rings is 1. The van der Waals surface area contributed by atoms with Crippen molar-refractivity contribution in [2.45, 2.75) is 12.1 Å². The molecule has 0 bridgehead atoms. The summed E-state index contributed by atoms with van der Waals surface area (Å²) in [4.78, 5) is 15.7. The van der Waals surface area contributed by atoms with E-state index in [2.05, 4.69) is 4.99 Å². The quantitative estimate of drug-likeness (QED) is 0.547. The second kappa shape index (κ2) is 6.51. The van der Waals surface area contributed by atoms with E-state index in [9.17, 15) is 23.1 Å². The minimum absolute atomic E-state index is 0.0549. The number of aliphatic hydroxyl groups excluding tert-OH is 1. The summed E-state index contributed by atoms with van der Waals surface area (Å²) in [5, 5.41) is 12.4. The Hall–Kier alpha value is -2.98. The van der Waals surface area contributed by atoms with Crippen LogP contribution in [0.4, 0.5) is 19.0 Å². The van der Waals surface area contributed by atoms with Gasteiger partial charge in [-0.2, -0.15) is 13.2 Å². The van der Waals surface area contributed by atoms with Gasteiger partial charge in [0.05, 0.1) is 18.5 Å². The number of hydrogen-bond acceptors (Lipinski definition) is 4. The molecule has 5 rings (SSSR count). The third-order valence-corrected chi connectivity index (χ3v) is 7.27. The van der Waals surface area contributed by atoms with Crippen LogP contribution in [-0.4, -0.2) is 20.0 Å². The van der Waals surface area contributed by atoms with E-state index in [4.69, 9.17) is 12.2 Å². The lowest BCUT2D eigenvalue weighted by molar-refractivity contribution is -0.363. The van der Waals surface area contributed by atoms with Gasteiger partial charge in [0.25, 0.3) is 16.1 Å². The van der Waals surface area contributed by atoms with Crippen molar-refractivity contribution in [3.8, 4) is 0 Å². The van der Waals surface area contributed by atoms with Crippen LogP contribution in [-0.2, 0) is 20.3 Å². The molecule has 0 fully saturated rings. The summed E-state index contributed by atoms with van der Waals surface area (Å²) in [6.07, 6.45) is -4.50. The monoisotopic (exact) mass is 462 g/mol. The number of aromatic nitrogens is 2. The summed E-state index contributed by atoms with van der Waals surface area (Å²) < 4.78 is 43.2. The molecule has 158 valence electrons. The number of thiophene rings is 1. The molecule has 1 atom stereocenters. The van der Waals surface area contributed by atoms with Gasteiger partial charge in [-0.1, -0.05) is 18.2 Å². The van der Waals surface area contributed by atoms with Gasteiger partial charge in [-0.05, 0) is 35.3 Å². The summed E-state index contributed by atoms with van der Waals surface area (Å²) in [6, 6.07) is 8.17. The molecule has 0 radical (unpaired) electrons. The summed E-state index contributed by atoms with van der Waals surface area (Å²) in [6.45, 7) is 0. The Kier molecular flexibility index (Phi) is 4.19. The molecule has 3 aromatic rings. The lowest BCUT2D eigenvalue weighted by Gasteiger charge is -2.23. The Morgan fingerprint density at radius 1 is 1.16 bits per heavy atom. The normalized spacial score (nSPS) is 17.3. The van der Waals surface area contributed by atoms with Crippen molar-refractivity contribution < 1.29 is 23.3 Å². The number of aliphatic hydroxyl groups is 1. The highest BCUT2D eigenvalue weighted by molar-refractivity contribution is 7.71. The highest BCUT2D eigenvalue weighted by Crippen LogP contribution is 2.46. The molecule has 5 nitrogen and oxygen atoms in total. The highest BCUT2D eigenvalue weighted by Gasteiger charge is 2.45. The Labute approximate surface area is 183 Å². The smallest absolute Gasteiger partial charge is 0.425 e. The number of fused-ring (bicyclic) bond motifs is 4. The van der Waals surface area contributed by atoms with E-state index in [-0.39, 0.29) is 16.1 Å². The fourth-order valence-electron chi connectivity index (χ4n) is 4.26. The summed E-state index contributed by atoms with van der Waals surface area (Å²) in [5.74, 6) is -0.534. The van der Waals surface area contributed by atoms with Crippen molar-refractivity contribution in [2.24, 2.45) is 14.1 Å². The van der Waals surface area contributed by atoms with Crippen LogP contribution in [0.3, 0.4) is 0 Å². The van der Waals surface area contributed by atoms with Crippen LogP contribution in [0.5, 0.6) is 0 Å². The molecular weight excluding hydrogens is 447 g/mol. The minimum Gasteiger partial charge on any atom is -0.507 e. The average molecular weight is 462 g/mol. The number of allylic oxidation sites excluding steroid dienone is 1. The number of rotatable bonds is 1. The number of nitrogens with zero attached hydrogens (tertiary/aromatic N) is 2. The zero-order chi connectivity index (χ0) is 22.2. The van der Waals surface area contributed by atoms with Gasteiger partial charge < -0.3 is 5.11 Å². The van der Waals surface area contributed by atoms with Crippen molar-refractivity contribution in [1.82, 2.24) is 9.13 Å². The molecule has 2 aliphatic rings. The van der Waals surface area contributed by atoms with Crippen LogP contribution in [0.2, 0.25) is 0 Å². The topological polar surface area (TPSA) is 61.1 Å². The van der Waals surface area contributed by atoms with Crippen molar-refractivity contribution in [1.29, 1.82) is 0 Å². The summed E-state index contributed by atoms with van der Waals surface area (Å²) >= 11 is 5.93. The number of nitrogens with one attached hydrogen (secondary N) is 1. The molecule has 1 aliphatic carbocycles. The molecule has 0 amide bonds. The molecule has 1 aliphatic heterocycles. The van der Waals surface area contributed by atoms with Gasteiger partial charge in [-0.3, -0.25) is 9.36 Å². The van der Waals surface area contributed by atoms with E-state index in [0.717, 1.165) is 6.07 Å². The summed E-state index contributed by atoms with van der Waals surface area (Å²) in [5.41, 5.74) is 2.32. The molecule has 10 heteroatoms. The van der Waals surface area contributed by atoms with Crippen molar-refractivity contribution in [2.75, 3.05) is 0 Å². The van der Waals surface area contributed by atoms with Gasteiger partial charge in [0.15, 0.2) is 0 Å². The molecule has 0 saturated carbocycles. The Bertz CT molecular complexity index is 1460. The molecule has 31 heavy (non-hydrogen) atoms. The lowest BCUT2D eigenvalue weighted by Crippen LogP contribution is -2.72. The van der Waals surface area contributed by atoms with Gasteiger partial charge in [-0.25, -0.2) is 9.56 Å². The Balaban J connectivity index is 1.90. The van der Waals surface area contributed by atoms with Crippen molar-refractivity contribution >= 4 is 40.8 Å². The molecule has 0 saturated heterocycles. The fraction of sp³-hybridized carbons (Fsp3) is 0.190. The summed E-state index contributed by atoms with van der Waals surface area (Å²) in [7, 11) is 3.21.